The molecule has 0 radical (unpaired) electrons. The molecule has 0 aliphatic carbocycles. The number of amides is 1. The number of nitrogens with two attached hydrogens (primary N) is 1. The molecular formula is C18H19N5O. The number of imidazole rings is 1. The van der Waals surface area contributed by atoms with Gasteiger partial charge in [0.15, 0.2) is 0 Å². The summed E-state index contributed by atoms with van der Waals surface area (Å²) in [5.74, 6) is 1.40. The van der Waals surface area contributed by atoms with E-state index in [0.717, 1.165) is 36.2 Å². The molecule has 6 heteroatoms. The molecule has 3 N–H and O–H groups in total. The van der Waals surface area contributed by atoms with Crippen LogP contribution in [-0.2, 0) is 0 Å². The van der Waals surface area contributed by atoms with Crippen molar-refractivity contribution in [3.63, 3.8) is 0 Å². The monoisotopic (exact) mass is 321 g/mol. The number of hydrogen-bond acceptors (Lipinski definition) is 4. The number of nitrogen functional groups attached to an aromatic ring is 1. The van der Waals surface area contributed by atoms with E-state index >= 15 is 0 Å². The van der Waals surface area contributed by atoms with Crippen LogP contribution in [0.3, 0.4) is 0 Å². The van der Waals surface area contributed by atoms with E-state index in [1.165, 1.54) is 0 Å². The van der Waals surface area contributed by atoms with Crippen molar-refractivity contribution >= 4 is 22.8 Å². The average molecular weight is 321 g/mol. The molecule has 24 heavy (non-hydrogen) atoms. The Morgan fingerprint density at radius 2 is 2.12 bits per heavy atom. The van der Waals surface area contributed by atoms with Gasteiger partial charge in [0, 0.05) is 25.2 Å². The maximum atomic E-state index is 12.7. The van der Waals surface area contributed by atoms with Crippen LogP contribution in [0.25, 0.3) is 11.0 Å². The first-order valence-corrected chi connectivity index (χ1v) is 8.17. The lowest BCUT2D eigenvalue weighted by Crippen LogP contribution is -2.39. The second-order valence-corrected chi connectivity index (χ2v) is 6.17. The van der Waals surface area contributed by atoms with Crippen LogP contribution in [0, 0.1) is 0 Å². The van der Waals surface area contributed by atoms with Crippen molar-refractivity contribution in [1.82, 2.24) is 19.9 Å². The number of rotatable bonds is 2. The second-order valence-electron chi connectivity index (χ2n) is 6.17. The number of carbonyl (C=O) groups excluding carboxylic acids is 1. The van der Waals surface area contributed by atoms with Gasteiger partial charge in [-0.05, 0) is 37.1 Å². The number of para-hydroxylation sites is 2. The van der Waals surface area contributed by atoms with Crippen molar-refractivity contribution in [1.29, 1.82) is 0 Å². The Hall–Kier alpha value is -2.89. The molecule has 1 fully saturated rings. The first-order chi connectivity index (χ1) is 11.7. The first-order valence-electron chi connectivity index (χ1n) is 8.17. The zero-order valence-corrected chi connectivity index (χ0v) is 13.3. The topological polar surface area (TPSA) is 87.9 Å². The van der Waals surface area contributed by atoms with Crippen molar-refractivity contribution < 1.29 is 4.79 Å². The van der Waals surface area contributed by atoms with Gasteiger partial charge in [-0.3, -0.25) is 4.79 Å². The van der Waals surface area contributed by atoms with Gasteiger partial charge in [0.1, 0.15) is 11.6 Å². The molecule has 3 aromatic rings. The normalized spacial score (nSPS) is 18.0. The number of aromatic amines is 1. The summed E-state index contributed by atoms with van der Waals surface area (Å²) in [5.41, 5.74) is 8.32. The predicted molar refractivity (Wildman–Crippen MR) is 92.6 cm³/mol. The zero-order valence-electron chi connectivity index (χ0n) is 13.3. The third kappa shape index (κ3) is 2.60. The number of nitrogens with one attached hydrogen (secondary N) is 1. The van der Waals surface area contributed by atoms with Gasteiger partial charge in [0.25, 0.3) is 5.91 Å². The minimum atomic E-state index is -0.0542. The summed E-state index contributed by atoms with van der Waals surface area (Å²) in [6, 6.07) is 11.5. The molecule has 3 heterocycles. The molecule has 0 spiro atoms. The Kier molecular flexibility index (Phi) is 3.65. The van der Waals surface area contributed by atoms with Gasteiger partial charge < -0.3 is 15.6 Å². The summed E-state index contributed by atoms with van der Waals surface area (Å²) in [7, 11) is 0. The summed E-state index contributed by atoms with van der Waals surface area (Å²) < 4.78 is 0. The molecule has 1 atom stereocenters. The molecule has 1 amide bonds. The van der Waals surface area contributed by atoms with Crippen LogP contribution < -0.4 is 5.73 Å². The minimum absolute atomic E-state index is 0.0542. The van der Waals surface area contributed by atoms with Crippen LogP contribution in [0.15, 0.2) is 42.6 Å². The van der Waals surface area contributed by atoms with Crippen LogP contribution >= 0.6 is 0 Å². The van der Waals surface area contributed by atoms with Crippen molar-refractivity contribution in [2.75, 3.05) is 18.8 Å². The van der Waals surface area contributed by atoms with Crippen LogP contribution in [0.4, 0.5) is 5.82 Å². The number of fused-ring (bicyclic) bond motifs is 1. The maximum Gasteiger partial charge on any atom is 0.257 e. The van der Waals surface area contributed by atoms with E-state index in [4.69, 9.17) is 5.73 Å². The molecule has 1 aromatic carbocycles. The van der Waals surface area contributed by atoms with Crippen LogP contribution in [0.1, 0.15) is 34.9 Å². The van der Waals surface area contributed by atoms with Crippen LogP contribution in [0.2, 0.25) is 0 Å². The standard InChI is InChI=1S/C18H19N5O/c19-16-13(6-3-9-20-16)18(24)23-10-4-5-12(11-23)17-21-14-7-1-2-8-15(14)22-17/h1-3,6-9,12H,4-5,10-11H2,(H2,19,20)(H,21,22)/t12-/m1/s1. The van der Waals surface area contributed by atoms with Gasteiger partial charge in [-0.1, -0.05) is 12.1 Å². The van der Waals surface area contributed by atoms with Gasteiger partial charge in [-0.25, -0.2) is 9.97 Å². The summed E-state index contributed by atoms with van der Waals surface area (Å²) in [5, 5.41) is 0. The molecule has 0 bridgehead atoms. The van der Waals surface area contributed by atoms with E-state index in [9.17, 15) is 4.79 Å². The van der Waals surface area contributed by atoms with Crippen molar-refractivity contribution in [2.24, 2.45) is 0 Å². The van der Waals surface area contributed by atoms with Crippen LogP contribution in [0.5, 0.6) is 0 Å². The highest BCUT2D eigenvalue weighted by atomic mass is 16.2. The molecule has 122 valence electrons. The number of aromatic nitrogens is 3. The Morgan fingerprint density at radius 3 is 2.96 bits per heavy atom. The summed E-state index contributed by atoms with van der Waals surface area (Å²) >= 11 is 0. The molecule has 1 aliphatic rings. The Morgan fingerprint density at radius 1 is 1.25 bits per heavy atom. The summed E-state index contributed by atoms with van der Waals surface area (Å²) in [4.78, 5) is 26.7. The highest BCUT2D eigenvalue weighted by Crippen LogP contribution is 2.28. The van der Waals surface area contributed by atoms with Crippen molar-refractivity contribution in [3.8, 4) is 0 Å². The molecular weight excluding hydrogens is 302 g/mol. The van der Waals surface area contributed by atoms with E-state index in [-0.39, 0.29) is 17.6 Å². The highest BCUT2D eigenvalue weighted by Gasteiger charge is 2.28. The van der Waals surface area contributed by atoms with Gasteiger partial charge in [-0.15, -0.1) is 0 Å². The second kappa shape index (κ2) is 5.96. The van der Waals surface area contributed by atoms with E-state index in [1.807, 2.05) is 29.2 Å². The van der Waals surface area contributed by atoms with Gasteiger partial charge in [-0.2, -0.15) is 0 Å². The predicted octanol–water partition coefficient (Wildman–Crippen LogP) is 2.56. The number of likely N-dealkylation sites (tertiary alicyclic amines) is 1. The highest BCUT2D eigenvalue weighted by molar-refractivity contribution is 5.98. The number of anilines is 1. The molecule has 0 saturated carbocycles. The molecule has 1 saturated heterocycles. The lowest BCUT2D eigenvalue weighted by Gasteiger charge is -2.32. The Labute approximate surface area is 139 Å². The fraction of sp³-hybridized carbons (Fsp3) is 0.278. The van der Waals surface area contributed by atoms with E-state index < -0.39 is 0 Å². The minimum Gasteiger partial charge on any atom is -0.383 e. The molecule has 0 unspecified atom stereocenters. The average Bonchev–Trinajstić information content (AvgIpc) is 3.06. The SMILES string of the molecule is Nc1ncccc1C(=O)N1CCC[C@@H](c2nc3ccccc3[nH]2)C1. The van der Waals surface area contributed by atoms with Crippen molar-refractivity contribution in [3.05, 3.63) is 54.0 Å². The van der Waals surface area contributed by atoms with Gasteiger partial charge in [0.05, 0.1) is 16.6 Å². The third-order valence-electron chi connectivity index (χ3n) is 4.57. The van der Waals surface area contributed by atoms with E-state index in [0.29, 0.717) is 12.1 Å². The molecule has 1 aliphatic heterocycles. The number of nitrogens with zero attached hydrogens (tertiary/aromatic N) is 3. The lowest BCUT2D eigenvalue weighted by atomic mass is 9.96. The Balaban J connectivity index is 1.57. The number of carbonyl (C=O) groups is 1. The summed E-state index contributed by atoms with van der Waals surface area (Å²) in [6.45, 7) is 1.39. The molecule has 2 aromatic heterocycles. The van der Waals surface area contributed by atoms with Crippen molar-refractivity contribution in [2.45, 2.75) is 18.8 Å². The largest absolute Gasteiger partial charge is 0.383 e. The van der Waals surface area contributed by atoms with Gasteiger partial charge in [0.2, 0.25) is 0 Å². The Bertz CT molecular complexity index is 855. The van der Waals surface area contributed by atoms with E-state index in [1.54, 1.807) is 18.3 Å². The smallest absolute Gasteiger partial charge is 0.257 e. The summed E-state index contributed by atoms with van der Waals surface area (Å²) in [6.07, 6.45) is 3.57. The zero-order chi connectivity index (χ0) is 16.5. The number of piperidine rings is 1. The third-order valence-corrected chi connectivity index (χ3v) is 4.57. The van der Waals surface area contributed by atoms with E-state index in [2.05, 4.69) is 15.0 Å². The number of pyridine rings is 1. The molecule has 6 nitrogen and oxygen atoms in total. The molecule has 4 rings (SSSR count). The number of H-pyrrole nitrogens is 1. The van der Waals surface area contributed by atoms with Crippen LogP contribution in [-0.4, -0.2) is 38.8 Å². The number of benzene rings is 1. The first kappa shape index (κ1) is 14.7. The fourth-order valence-electron chi connectivity index (χ4n) is 3.32. The quantitative estimate of drug-likeness (QED) is 0.759. The lowest BCUT2D eigenvalue weighted by molar-refractivity contribution is 0.0705. The van der Waals surface area contributed by atoms with Gasteiger partial charge >= 0.3 is 0 Å². The fourth-order valence-corrected chi connectivity index (χ4v) is 3.32. The number of hydrogen-bond donors (Lipinski definition) is 2. The maximum absolute atomic E-state index is 12.7.